The third-order valence-corrected chi connectivity index (χ3v) is 4.78. The van der Waals surface area contributed by atoms with E-state index in [9.17, 15) is 10.1 Å². The van der Waals surface area contributed by atoms with Gasteiger partial charge in [-0.2, -0.15) is 0 Å². The molecule has 2 rings (SSSR count). The Bertz CT molecular complexity index is 744. The third-order valence-electron chi connectivity index (χ3n) is 3.64. The van der Waals surface area contributed by atoms with Gasteiger partial charge in [0.05, 0.1) is 27.7 Å². The highest BCUT2D eigenvalue weighted by Gasteiger charge is 2.11. The topological polar surface area (TPSA) is 92.5 Å². The van der Waals surface area contributed by atoms with Crippen molar-refractivity contribution in [3.63, 3.8) is 0 Å². The van der Waals surface area contributed by atoms with E-state index in [1.165, 1.54) is 10.9 Å². The van der Waals surface area contributed by atoms with Crippen LogP contribution in [0, 0.1) is 24.0 Å². The first-order chi connectivity index (χ1) is 12.0. The fourth-order valence-electron chi connectivity index (χ4n) is 2.26. The van der Waals surface area contributed by atoms with Crippen LogP contribution >= 0.6 is 35.3 Å². The van der Waals surface area contributed by atoms with E-state index in [1.54, 1.807) is 29.5 Å². The molecule has 1 aromatic carbocycles. The molecule has 0 aliphatic carbocycles. The van der Waals surface area contributed by atoms with Crippen molar-refractivity contribution in [2.24, 2.45) is 4.99 Å². The highest BCUT2D eigenvalue weighted by molar-refractivity contribution is 14.0. The average molecular weight is 489 g/mol. The Hall–Kier alpha value is -1.75. The zero-order chi connectivity index (χ0) is 18.2. The van der Waals surface area contributed by atoms with Crippen LogP contribution in [-0.4, -0.2) is 29.0 Å². The van der Waals surface area contributed by atoms with Crippen LogP contribution in [0.2, 0.25) is 0 Å². The predicted octanol–water partition coefficient (Wildman–Crippen LogP) is 3.58. The van der Waals surface area contributed by atoms with Gasteiger partial charge in [-0.1, -0.05) is 18.2 Å². The molecular formula is C17H24IN5O2S. The number of benzene rings is 1. The summed E-state index contributed by atoms with van der Waals surface area (Å²) in [6.07, 6.45) is 0.815. The van der Waals surface area contributed by atoms with Gasteiger partial charge < -0.3 is 10.6 Å². The second kappa shape index (κ2) is 11.1. The van der Waals surface area contributed by atoms with Gasteiger partial charge in [0, 0.05) is 30.5 Å². The number of nitro groups is 1. The molecule has 0 amide bonds. The number of rotatable bonds is 7. The lowest BCUT2D eigenvalue weighted by Crippen LogP contribution is -2.38. The van der Waals surface area contributed by atoms with Crippen molar-refractivity contribution in [2.45, 2.75) is 33.7 Å². The zero-order valence-electron chi connectivity index (χ0n) is 15.1. The van der Waals surface area contributed by atoms with E-state index in [2.05, 4.69) is 27.5 Å². The second-order valence-corrected chi connectivity index (χ2v) is 6.79. The van der Waals surface area contributed by atoms with Crippen molar-refractivity contribution in [2.75, 3.05) is 13.1 Å². The standard InChI is InChI=1S/C17H23N5O2S.HI/c1-4-18-17(19-10-9-16-21-12(2)13(3)25-16)20-11-14-7-5-6-8-15(14)22(23)24;/h5-8H,4,9-11H2,1-3H3,(H2,18,19,20);1H. The lowest BCUT2D eigenvalue weighted by atomic mass is 10.2. The zero-order valence-corrected chi connectivity index (χ0v) is 18.3. The van der Waals surface area contributed by atoms with Crippen molar-refractivity contribution in [1.82, 2.24) is 15.6 Å². The SMILES string of the molecule is CCNC(=NCc1ccccc1[N+](=O)[O-])NCCc1nc(C)c(C)s1.I. The second-order valence-electron chi connectivity index (χ2n) is 5.51. The summed E-state index contributed by atoms with van der Waals surface area (Å²) in [5.74, 6) is 0.644. The first-order valence-corrected chi connectivity index (χ1v) is 9.00. The van der Waals surface area contributed by atoms with Crippen molar-refractivity contribution in [3.05, 3.63) is 55.5 Å². The van der Waals surface area contributed by atoms with E-state index in [1.807, 2.05) is 13.8 Å². The van der Waals surface area contributed by atoms with E-state index in [-0.39, 0.29) is 41.1 Å². The number of nitrogens with zero attached hydrogens (tertiary/aromatic N) is 3. The van der Waals surface area contributed by atoms with E-state index in [4.69, 9.17) is 0 Å². The summed E-state index contributed by atoms with van der Waals surface area (Å²) < 4.78 is 0. The van der Waals surface area contributed by atoms with E-state index in [0.29, 0.717) is 18.1 Å². The normalized spacial score (nSPS) is 11.0. The van der Waals surface area contributed by atoms with Crippen LogP contribution < -0.4 is 10.6 Å². The number of thiazole rings is 1. The maximum atomic E-state index is 11.1. The summed E-state index contributed by atoms with van der Waals surface area (Å²) in [5, 5.41) is 18.6. The molecule has 7 nitrogen and oxygen atoms in total. The lowest BCUT2D eigenvalue weighted by Gasteiger charge is -2.10. The number of aromatic nitrogens is 1. The van der Waals surface area contributed by atoms with Crippen LogP contribution in [0.25, 0.3) is 0 Å². The predicted molar refractivity (Wildman–Crippen MR) is 117 cm³/mol. The van der Waals surface area contributed by atoms with Gasteiger partial charge in [-0.15, -0.1) is 35.3 Å². The lowest BCUT2D eigenvalue weighted by molar-refractivity contribution is -0.385. The van der Waals surface area contributed by atoms with Crippen molar-refractivity contribution in [1.29, 1.82) is 0 Å². The number of guanidine groups is 1. The van der Waals surface area contributed by atoms with E-state index in [0.717, 1.165) is 23.7 Å². The largest absolute Gasteiger partial charge is 0.357 e. The van der Waals surface area contributed by atoms with Gasteiger partial charge in [-0.05, 0) is 20.8 Å². The third kappa shape index (κ3) is 6.52. The molecule has 0 radical (unpaired) electrons. The number of para-hydroxylation sites is 1. The Kier molecular flexibility index (Phi) is 9.49. The number of nitro benzene ring substituents is 1. The van der Waals surface area contributed by atoms with Crippen LogP contribution in [0.15, 0.2) is 29.3 Å². The molecule has 9 heteroatoms. The number of aryl methyl sites for hydroxylation is 2. The molecule has 1 heterocycles. The van der Waals surface area contributed by atoms with Crippen LogP contribution in [0.1, 0.15) is 28.1 Å². The van der Waals surface area contributed by atoms with Crippen LogP contribution in [-0.2, 0) is 13.0 Å². The van der Waals surface area contributed by atoms with Gasteiger partial charge >= 0.3 is 0 Å². The van der Waals surface area contributed by atoms with Gasteiger partial charge in [0.15, 0.2) is 5.96 Å². The Morgan fingerprint density at radius 2 is 2.04 bits per heavy atom. The fraction of sp³-hybridized carbons (Fsp3) is 0.412. The van der Waals surface area contributed by atoms with Crippen LogP contribution in [0.3, 0.4) is 0 Å². The average Bonchev–Trinajstić information content (AvgIpc) is 2.90. The van der Waals surface area contributed by atoms with Crippen molar-refractivity contribution >= 4 is 47.0 Å². The van der Waals surface area contributed by atoms with Gasteiger partial charge in [0.25, 0.3) is 5.69 Å². The highest BCUT2D eigenvalue weighted by atomic mass is 127. The Morgan fingerprint density at radius 3 is 2.65 bits per heavy atom. The first kappa shape index (κ1) is 22.3. The molecule has 142 valence electrons. The minimum Gasteiger partial charge on any atom is -0.357 e. The van der Waals surface area contributed by atoms with Crippen molar-refractivity contribution in [3.8, 4) is 0 Å². The Labute approximate surface area is 174 Å². The summed E-state index contributed by atoms with van der Waals surface area (Å²) in [5.41, 5.74) is 1.77. The maximum Gasteiger partial charge on any atom is 0.274 e. The number of aliphatic imine (C=N–C) groups is 1. The molecular weight excluding hydrogens is 465 g/mol. The van der Waals surface area contributed by atoms with Gasteiger partial charge in [0.2, 0.25) is 0 Å². The molecule has 0 atom stereocenters. The Balaban J connectivity index is 0.00000338. The highest BCUT2D eigenvalue weighted by Crippen LogP contribution is 2.18. The number of hydrogen-bond acceptors (Lipinski definition) is 5. The molecule has 0 saturated carbocycles. The monoisotopic (exact) mass is 489 g/mol. The first-order valence-electron chi connectivity index (χ1n) is 8.18. The number of halogens is 1. The number of hydrogen-bond donors (Lipinski definition) is 2. The molecule has 1 aromatic heterocycles. The molecule has 0 unspecified atom stereocenters. The smallest absolute Gasteiger partial charge is 0.274 e. The molecule has 0 bridgehead atoms. The van der Waals surface area contributed by atoms with Gasteiger partial charge in [-0.25, -0.2) is 9.98 Å². The molecule has 0 fully saturated rings. The van der Waals surface area contributed by atoms with Crippen LogP contribution in [0.4, 0.5) is 5.69 Å². The summed E-state index contributed by atoms with van der Waals surface area (Å²) >= 11 is 1.71. The van der Waals surface area contributed by atoms with Crippen LogP contribution in [0.5, 0.6) is 0 Å². The molecule has 0 aliphatic heterocycles. The molecule has 0 spiro atoms. The summed E-state index contributed by atoms with van der Waals surface area (Å²) in [6, 6.07) is 6.67. The maximum absolute atomic E-state index is 11.1. The molecule has 0 saturated heterocycles. The van der Waals surface area contributed by atoms with Crippen molar-refractivity contribution < 1.29 is 4.92 Å². The summed E-state index contributed by atoms with van der Waals surface area (Å²) in [7, 11) is 0. The minimum atomic E-state index is -0.377. The van der Waals surface area contributed by atoms with Gasteiger partial charge in [0.1, 0.15) is 0 Å². The molecule has 2 aromatic rings. The van der Waals surface area contributed by atoms with Gasteiger partial charge in [-0.3, -0.25) is 10.1 Å². The van der Waals surface area contributed by atoms with E-state index >= 15 is 0 Å². The summed E-state index contributed by atoms with van der Waals surface area (Å²) in [6.45, 7) is 7.74. The fourth-order valence-corrected chi connectivity index (χ4v) is 3.20. The number of nitrogens with one attached hydrogen (secondary N) is 2. The quantitative estimate of drug-likeness (QED) is 0.204. The molecule has 0 aliphatic rings. The Morgan fingerprint density at radius 1 is 1.31 bits per heavy atom. The summed E-state index contributed by atoms with van der Waals surface area (Å²) in [4.78, 5) is 20.9. The molecule has 26 heavy (non-hydrogen) atoms. The molecule has 2 N–H and O–H groups in total. The van der Waals surface area contributed by atoms with E-state index < -0.39 is 0 Å². The minimum absolute atomic E-state index is 0.